The van der Waals surface area contributed by atoms with Gasteiger partial charge in [-0.2, -0.15) is 5.26 Å². The molecule has 184 valence electrons. The number of hydrogen-bond acceptors (Lipinski definition) is 8. The van der Waals surface area contributed by atoms with E-state index in [-0.39, 0.29) is 64.4 Å². The van der Waals surface area contributed by atoms with Crippen molar-refractivity contribution < 1.29 is 22.3 Å². The molecular formula is C24H14F3N7O3. The van der Waals surface area contributed by atoms with Crippen LogP contribution in [0.5, 0.6) is 5.88 Å². The molecule has 2 N–H and O–H groups in total. The van der Waals surface area contributed by atoms with Gasteiger partial charge in [-0.15, -0.1) is 10.2 Å². The Labute approximate surface area is 205 Å². The van der Waals surface area contributed by atoms with Crippen LogP contribution in [-0.2, 0) is 13.0 Å². The number of nitrogens with one attached hydrogen (secondary N) is 2. The highest BCUT2D eigenvalue weighted by molar-refractivity contribution is 5.61. The number of halogens is 3. The van der Waals surface area contributed by atoms with Crippen LogP contribution in [0.4, 0.5) is 13.2 Å². The summed E-state index contributed by atoms with van der Waals surface area (Å²) in [5.74, 6) is -2.75. The molecule has 0 bridgehead atoms. The minimum absolute atomic E-state index is 0.00359. The van der Waals surface area contributed by atoms with E-state index in [9.17, 15) is 18.0 Å². The first-order valence-electron chi connectivity index (χ1n) is 10.6. The van der Waals surface area contributed by atoms with E-state index >= 15 is 0 Å². The monoisotopic (exact) mass is 505 g/mol. The van der Waals surface area contributed by atoms with E-state index < -0.39 is 23.2 Å². The number of rotatable bonds is 7. The second-order valence-electron chi connectivity index (χ2n) is 7.69. The van der Waals surface area contributed by atoms with Crippen molar-refractivity contribution in [1.82, 2.24) is 30.4 Å². The van der Waals surface area contributed by atoms with E-state index in [1.807, 2.05) is 6.07 Å². The Hall–Kier alpha value is -5.25. The number of aromatic amines is 2. The van der Waals surface area contributed by atoms with Gasteiger partial charge in [0.15, 0.2) is 0 Å². The summed E-state index contributed by atoms with van der Waals surface area (Å²) >= 11 is 0. The summed E-state index contributed by atoms with van der Waals surface area (Å²) in [7, 11) is 0. The fraction of sp³-hybridized carbons (Fsp3) is 0.0833. The number of benzene rings is 2. The molecule has 0 saturated heterocycles. The van der Waals surface area contributed by atoms with Gasteiger partial charge in [0, 0.05) is 23.6 Å². The molecule has 2 aromatic carbocycles. The smallest absolute Gasteiger partial charge is 0.434 e. The van der Waals surface area contributed by atoms with Gasteiger partial charge in [-0.25, -0.2) is 33.0 Å². The van der Waals surface area contributed by atoms with E-state index in [1.165, 1.54) is 24.3 Å². The third kappa shape index (κ3) is 5.08. The Balaban J connectivity index is 1.33. The molecule has 0 saturated carbocycles. The van der Waals surface area contributed by atoms with Crippen LogP contribution in [0.1, 0.15) is 22.5 Å². The first kappa shape index (κ1) is 23.5. The lowest BCUT2D eigenvalue weighted by molar-refractivity contribution is 0.288. The van der Waals surface area contributed by atoms with Crippen LogP contribution >= 0.6 is 0 Å². The maximum atomic E-state index is 15.0. The largest absolute Gasteiger partial charge is 0.473 e. The Bertz CT molecular complexity index is 1700. The van der Waals surface area contributed by atoms with Gasteiger partial charge in [0.25, 0.3) is 5.89 Å². The van der Waals surface area contributed by atoms with E-state index in [0.717, 1.165) is 18.2 Å². The standard InChI is InChI=1S/C24H14F3N7O3/c25-16-6-12(10-28)4-5-13(16)11-36-21-3-1-2-19(29-21)15-9-17(26)14(7-18(15)27)8-20-30-22(32-31-20)23-33-34-24(35)37-23/h1-7,9H,8,11H2,(H,34,35)(H,30,31,32). The van der Waals surface area contributed by atoms with Crippen LogP contribution in [0.25, 0.3) is 23.0 Å². The third-order valence-electron chi connectivity index (χ3n) is 5.21. The summed E-state index contributed by atoms with van der Waals surface area (Å²) in [6, 6.07) is 12.4. The van der Waals surface area contributed by atoms with Gasteiger partial charge in [-0.3, -0.25) is 5.10 Å². The molecule has 0 unspecified atom stereocenters. The average molecular weight is 505 g/mol. The molecule has 13 heteroatoms. The van der Waals surface area contributed by atoms with Gasteiger partial charge >= 0.3 is 5.76 Å². The molecule has 37 heavy (non-hydrogen) atoms. The molecule has 3 heterocycles. The minimum Gasteiger partial charge on any atom is -0.473 e. The second kappa shape index (κ2) is 9.78. The lowest BCUT2D eigenvalue weighted by Gasteiger charge is -2.10. The molecule has 10 nitrogen and oxygen atoms in total. The SMILES string of the molecule is N#Cc1ccc(COc2cccc(-c3cc(F)c(Cc4nc(-c5n[nH]c(=O)o5)n[nH]4)cc3F)n2)c(F)c1. The molecule has 3 aromatic heterocycles. The number of ether oxygens (including phenoxy) is 1. The maximum Gasteiger partial charge on any atom is 0.434 e. The molecule has 0 spiro atoms. The predicted molar refractivity (Wildman–Crippen MR) is 120 cm³/mol. The van der Waals surface area contributed by atoms with Gasteiger partial charge in [0.1, 0.15) is 29.9 Å². The quantitative estimate of drug-likeness (QED) is 0.341. The van der Waals surface area contributed by atoms with Crippen molar-refractivity contribution in [2.75, 3.05) is 0 Å². The fourth-order valence-electron chi connectivity index (χ4n) is 3.43. The van der Waals surface area contributed by atoms with E-state index in [2.05, 4.69) is 30.4 Å². The zero-order chi connectivity index (χ0) is 25.9. The third-order valence-corrected chi connectivity index (χ3v) is 5.21. The van der Waals surface area contributed by atoms with Crippen LogP contribution < -0.4 is 10.5 Å². The fourth-order valence-corrected chi connectivity index (χ4v) is 3.43. The molecule has 0 atom stereocenters. The Morgan fingerprint density at radius 3 is 2.54 bits per heavy atom. The van der Waals surface area contributed by atoms with Crippen molar-refractivity contribution in [3.8, 4) is 34.9 Å². The number of hydrogen-bond donors (Lipinski definition) is 2. The first-order chi connectivity index (χ1) is 17.9. The Morgan fingerprint density at radius 1 is 0.946 bits per heavy atom. The lowest BCUT2D eigenvalue weighted by Crippen LogP contribution is -2.02. The van der Waals surface area contributed by atoms with E-state index in [1.54, 1.807) is 6.07 Å². The summed E-state index contributed by atoms with van der Waals surface area (Å²) in [4.78, 5) is 19.3. The maximum absolute atomic E-state index is 15.0. The van der Waals surface area contributed by atoms with Crippen molar-refractivity contribution in [2.45, 2.75) is 13.0 Å². The average Bonchev–Trinajstić information content (AvgIpc) is 3.54. The summed E-state index contributed by atoms with van der Waals surface area (Å²) in [5, 5.41) is 20.9. The van der Waals surface area contributed by atoms with Gasteiger partial charge in [-0.1, -0.05) is 12.1 Å². The Kier molecular flexibility index (Phi) is 6.21. The van der Waals surface area contributed by atoms with Gasteiger partial charge in [0.05, 0.1) is 17.3 Å². The Morgan fingerprint density at radius 2 is 1.78 bits per heavy atom. The molecule has 0 amide bonds. The molecule has 0 fully saturated rings. The number of aromatic nitrogens is 6. The van der Waals surface area contributed by atoms with Gasteiger partial charge in [-0.05, 0) is 35.9 Å². The highest BCUT2D eigenvalue weighted by atomic mass is 19.1. The molecule has 0 aliphatic carbocycles. The molecule has 5 aromatic rings. The van der Waals surface area contributed by atoms with Gasteiger partial charge in [0.2, 0.25) is 11.7 Å². The second-order valence-corrected chi connectivity index (χ2v) is 7.69. The van der Waals surface area contributed by atoms with Crippen molar-refractivity contribution >= 4 is 0 Å². The zero-order valence-electron chi connectivity index (χ0n) is 18.6. The molecule has 0 aliphatic heterocycles. The number of H-pyrrole nitrogens is 2. The van der Waals surface area contributed by atoms with Crippen molar-refractivity contribution in [3.05, 3.63) is 99.0 Å². The molecule has 5 rings (SSSR count). The van der Waals surface area contributed by atoms with Crippen LogP contribution in [0.15, 0.2) is 57.7 Å². The highest BCUT2D eigenvalue weighted by Crippen LogP contribution is 2.27. The predicted octanol–water partition coefficient (Wildman–Crippen LogP) is 3.67. The highest BCUT2D eigenvalue weighted by Gasteiger charge is 2.17. The summed E-state index contributed by atoms with van der Waals surface area (Å²) in [6.07, 6.45) is -0.128. The summed E-state index contributed by atoms with van der Waals surface area (Å²) < 4.78 is 54.2. The molecule has 0 radical (unpaired) electrons. The van der Waals surface area contributed by atoms with Crippen molar-refractivity contribution in [2.24, 2.45) is 0 Å². The number of nitriles is 1. The lowest BCUT2D eigenvalue weighted by atomic mass is 10.0. The molecule has 0 aliphatic rings. The topological polar surface area (TPSA) is 146 Å². The van der Waals surface area contributed by atoms with Crippen LogP contribution in [0, 0.1) is 28.8 Å². The van der Waals surface area contributed by atoms with E-state index in [4.69, 9.17) is 14.4 Å². The molecular weight excluding hydrogens is 491 g/mol. The van der Waals surface area contributed by atoms with Gasteiger partial charge < -0.3 is 9.15 Å². The van der Waals surface area contributed by atoms with Crippen LogP contribution in [0.2, 0.25) is 0 Å². The van der Waals surface area contributed by atoms with Crippen molar-refractivity contribution in [3.63, 3.8) is 0 Å². The summed E-state index contributed by atoms with van der Waals surface area (Å²) in [5.41, 5.74) is 0.384. The number of pyridine rings is 1. The van der Waals surface area contributed by atoms with Crippen molar-refractivity contribution in [1.29, 1.82) is 5.26 Å². The summed E-state index contributed by atoms with van der Waals surface area (Å²) in [6.45, 7) is -0.176. The number of nitrogens with zero attached hydrogens (tertiary/aromatic N) is 5. The minimum atomic E-state index is -0.783. The van der Waals surface area contributed by atoms with Crippen LogP contribution in [0.3, 0.4) is 0 Å². The van der Waals surface area contributed by atoms with E-state index in [0.29, 0.717) is 0 Å². The zero-order valence-corrected chi connectivity index (χ0v) is 18.6. The first-order valence-corrected chi connectivity index (χ1v) is 10.6. The van der Waals surface area contributed by atoms with Crippen LogP contribution in [-0.4, -0.2) is 30.4 Å². The normalized spacial score (nSPS) is 10.9.